The minimum Gasteiger partial charge on any atom is -0.494 e. The summed E-state index contributed by atoms with van der Waals surface area (Å²) in [5, 5.41) is 1.67. The highest BCUT2D eigenvalue weighted by Gasteiger charge is 2.43. The van der Waals surface area contributed by atoms with Gasteiger partial charge in [0.2, 0.25) is 0 Å². The fourth-order valence-electron chi connectivity index (χ4n) is 3.49. The molecule has 0 aliphatic heterocycles. The Bertz CT molecular complexity index is 1230. The van der Waals surface area contributed by atoms with Gasteiger partial charge in [0.15, 0.2) is 5.65 Å². The van der Waals surface area contributed by atoms with Crippen LogP contribution in [0.3, 0.4) is 0 Å². The van der Waals surface area contributed by atoms with Gasteiger partial charge in [-0.05, 0) is 19.4 Å². The predicted molar refractivity (Wildman–Crippen MR) is 119 cm³/mol. The van der Waals surface area contributed by atoms with Gasteiger partial charge in [0, 0.05) is 37.1 Å². The molecule has 0 saturated carbocycles. The topological polar surface area (TPSA) is 93.9 Å². The first-order chi connectivity index (χ1) is 17.4. The molecular weight excluding hydrogens is 510 g/mol. The molecule has 1 N–H and O–H groups in total. The predicted octanol–water partition coefficient (Wildman–Crippen LogP) is 4.61. The van der Waals surface area contributed by atoms with Gasteiger partial charge >= 0.3 is 18.4 Å². The van der Waals surface area contributed by atoms with E-state index in [1.165, 1.54) is 27.3 Å². The summed E-state index contributed by atoms with van der Waals surface area (Å²) in [7, 11) is 2.84. The summed E-state index contributed by atoms with van der Waals surface area (Å²) in [6, 6.07) is -2.29. The number of hydrogen-bond donors (Lipinski definition) is 1. The van der Waals surface area contributed by atoms with Crippen LogP contribution in [0.4, 0.5) is 31.1 Å². The van der Waals surface area contributed by atoms with Gasteiger partial charge in [0.1, 0.15) is 11.8 Å². The first-order valence-electron chi connectivity index (χ1n) is 11.0. The number of nitrogens with one attached hydrogen (secondary N) is 1. The maximum Gasteiger partial charge on any atom is 0.408 e. The Morgan fingerprint density at radius 2 is 1.89 bits per heavy atom. The summed E-state index contributed by atoms with van der Waals surface area (Å²) < 4.78 is 89.6. The zero-order valence-corrected chi connectivity index (χ0v) is 20.0. The van der Waals surface area contributed by atoms with E-state index in [1.807, 2.05) is 0 Å². The molecule has 0 aromatic carbocycles. The molecule has 1 unspecified atom stereocenters. The van der Waals surface area contributed by atoms with Crippen molar-refractivity contribution in [2.24, 2.45) is 0 Å². The third-order valence-electron chi connectivity index (χ3n) is 5.39. The minimum absolute atomic E-state index is 0.0359. The van der Waals surface area contributed by atoms with Gasteiger partial charge in [-0.1, -0.05) is 0 Å². The average Bonchev–Trinajstić information content (AvgIpc) is 3.31. The van der Waals surface area contributed by atoms with Crippen LogP contribution in [0.25, 0.3) is 16.9 Å². The van der Waals surface area contributed by atoms with Crippen molar-refractivity contribution in [3.63, 3.8) is 0 Å². The third-order valence-corrected chi connectivity index (χ3v) is 5.39. The molecule has 3 aromatic heterocycles. The smallest absolute Gasteiger partial charge is 0.408 e. The molecule has 1 atom stereocenters. The lowest BCUT2D eigenvalue weighted by molar-refractivity contribution is -0.171. The lowest BCUT2D eigenvalue weighted by atomic mass is 10.1. The fourth-order valence-corrected chi connectivity index (χ4v) is 3.49. The summed E-state index contributed by atoms with van der Waals surface area (Å²) in [4.78, 5) is 26.4. The number of imidazole rings is 1. The number of methoxy groups -OCH3 is 2. The molecule has 0 spiro atoms. The van der Waals surface area contributed by atoms with E-state index in [9.17, 15) is 31.1 Å². The average molecular weight is 534 g/mol. The molecule has 3 rings (SSSR count). The molecule has 37 heavy (non-hydrogen) atoms. The monoisotopic (exact) mass is 534 g/mol. The van der Waals surface area contributed by atoms with Gasteiger partial charge in [-0.15, -0.1) is 0 Å². The van der Waals surface area contributed by atoms with Crippen LogP contribution < -0.4 is 14.8 Å². The van der Waals surface area contributed by atoms with Crippen molar-refractivity contribution in [1.82, 2.24) is 29.6 Å². The van der Waals surface area contributed by atoms with Crippen LogP contribution >= 0.6 is 0 Å². The lowest BCUT2D eigenvalue weighted by Gasteiger charge is -2.27. The SMILES string of the molecule is CCN(Cc1cc(-c2cn3ccnc3c(OC)n2)c(OC)cn1)C(=O)NC(CCC(F)(F)F)C(F)(F)F. The molecule has 3 heterocycles. The summed E-state index contributed by atoms with van der Waals surface area (Å²) in [6.45, 7) is 1.25. The van der Waals surface area contributed by atoms with Gasteiger partial charge in [-0.2, -0.15) is 26.3 Å². The number of pyridine rings is 1. The number of alkyl halides is 6. The number of rotatable bonds is 9. The van der Waals surface area contributed by atoms with Crippen molar-refractivity contribution in [3.8, 4) is 22.9 Å². The van der Waals surface area contributed by atoms with Crippen molar-refractivity contribution in [2.45, 2.75) is 44.7 Å². The second-order valence-electron chi connectivity index (χ2n) is 7.88. The highest BCUT2D eigenvalue weighted by Crippen LogP contribution is 2.32. The van der Waals surface area contributed by atoms with Crippen molar-refractivity contribution >= 4 is 11.7 Å². The first-order valence-corrected chi connectivity index (χ1v) is 11.0. The maximum absolute atomic E-state index is 13.3. The van der Waals surface area contributed by atoms with Crippen LogP contribution in [0.5, 0.6) is 11.6 Å². The molecule has 202 valence electrons. The number of nitrogens with zero attached hydrogens (tertiary/aromatic N) is 5. The standard InChI is InChI=1S/C22H24F6N6O3/c1-4-33(20(35)32-17(22(26,27)28)5-6-21(23,24)25)11-13-9-14(16(36-2)10-30-13)15-12-34-8-7-29-18(34)19(31-15)37-3/h7-10,12,17H,4-6,11H2,1-3H3,(H,32,35). The van der Waals surface area contributed by atoms with Gasteiger partial charge in [0.05, 0.1) is 38.3 Å². The molecule has 0 saturated heterocycles. The van der Waals surface area contributed by atoms with E-state index < -0.39 is 37.3 Å². The molecule has 0 aliphatic rings. The Morgan fingerprint density at radius 1 is 1.16 bits per heavy atom. The number of carbonyl (C=O) groups excluding carboxylic acids is 1. The Kier molecular flexibility index (Phi) is 8.33. The number of fused-ring (bicyclic) bond motifs is 1. The molecule has 15 heteroatoms. The summed E-state index contributed by atoms with van der Waals surface area (Å²) in [6.07, 6.45) is -6.61. The van der Waals surface area contributed by atoms with E-state index in [4.69, 9.17) is 9.47 Å². The fraction of sp³-hybridized carbons (Fsp3) is 0.455. The molecule has 0 aliphatic carbocycles. The number of aromatic nitrogens is 4. The van der Waals surface area contributed by atoms with Crippen molar-refractivity contribution in [3.05, 3.63) is 36.5 Å². The Balaban J connectivity index is 1.86. The zero-order valence-electron chi connectivity index (χ0n) is 20.0. The van der Waals surface area contributed by atoms with Crippen LogP contribution in [0.1, 0.15) is 25.5 Å². The maximum atomic E-state index is 13.3. The van der Waals surface area contributed by atoms with Crippen molar-refractivity contribution in [2.75, 3.05) is 20.8 Å². The van der Waals surface area contributed by atoms with Crippen LogP contribution in [0, 0.1) is 0 Å². The Labute approximate surface area is 207 Å². The van der Waals surface area contributed by atoms with E-state index >= 15 is 0 Å². The van der Waals surface area contributed by atoms with Crippen molar-refractivity contribution < 1.29 is 40.6 Å². The van der Waals surface area contributed by atoms with Gasteiger partial charge in [-0.25, -0.2) is 14.8 Å². The summed E-state index contributed by atoms with van der Waals surface area (Å²) in [5.74, 6) is 0.559. The molecule has 0 bridgehead atoms. The minimum atomic E-state index is -5.05. The molecular formula is C22H24F6N6O3. The van der Waals surface area contributed by atoms with Crippen molar-refractivity contribution in [1.29, 1.82) is 0 Å². The number of ether oxygens (including phenoxy) is 2. The van der Waals surface area contributed by atoms with E-state index in [-0.39, 0.29) is 24.7 Å². The first kappa shape index (κ1) is 27.8. The third kappa shape index (κ3) is 6.92. The van der Waals surface area contributed by atoms with Gasteiger partial charge in [0.25, 0.3) is 5.88 Å². The molecule has 9 nitrogen and oxygen atoms in total. The second kappa shape index (κ2) is 11.1. The molecule has 3 aromatic rings. The molecule has 2 amide bonds. The highest BCUT2D eigenvalue weighted by molar-refractivity contribution is 5.75. The lowest BCUT2D eigenvalue weighted by Crippen LogP contribution is -2.50. The Morgan fingerprint density at radius 3 is 2.49 bits per heavy atom. The number of urea groups is 1. The number of amides is 2. The Hall–Kier alpha value is -3.78. The van der Waals surface area contributed by atoms with E-state index in [0.717, 1.165) is 4.90 Å². The second-order valence-corrected chi connectivity index (χ2v) is 7.88. The van der Waals surface area contributed by atoms with Crippen LogP contribution in [-0.4, -0.2) is 69.4 Å². The van der Waals surface area contributed by atoms with Gasteiger partial charge < -0.3 is 24.1 Å². The van der Waals surface area contributed by atoms with E-state index in [0.29, 0.717) is 22.7 Å². The quantitative estimate of drug-likeness (QED) is 0.403. The number of hydrogen-bond acceptors (Lipinski definition) is 6. The van der Waals surface area contributed by atoms with Gasteiger partial charge in [-0.3, -0.25) is 4.98 Å². The number of halogens is 6. The molecule has 0 radical (unpaired) electrons. The number of carbonyl (C=O) groups is 1. The van der Waals surface area contributed by atoms with Crippen LogP contribution in [0.2, 0.25) is 0 Å². The van der Waals surface area contributed by atoms with E-state index in [2.05, 4.69) is 15.0 Å². The summed E-state index contributed by atoms with van der Waals surface area (Å²) >= 11 is 0. The zero-order chi connectivity index (χ0) is 27.4. The van der Waals surface area contributed by atoms with Crippen LogP contribution in [-0.2, 0) is 6.54 Å². The largest absolute Gasteiger partial charge is 0.494 e. The normalized spacial score (nSPS) is 12.9. The highest BCUT2D eigenvalue weighted by atomic mass is 19.4. The van der Waals surface area contributed by atoms with E-state index in [1.54, 1.807) is 34.4 Å². The van der Waals surface area contributed by atoms with Crippen LogP contribution in [0.15, 0.2) is 30.9 Å². The molecule has 0 fully saturated rings. The summed E-state index contributed by atoms with van der Waals surface area (Å²) in [5.41, 5.74) is 1.60.